The van der Waals surface area contributed by atoms with Gasteiger partial charge >= 0.3 is 0 Å². The first kappa shape index (κ1) is 12.2. The topological polar surface area (TPSA) is 29.3 Å². The lowest BCUT2D eigenvalue weighted by molar-refractivity contribution is 0.249. The number of likely N-dealkylation sites (N-methyl/N-ethyl adjacent to an activating group) is 1. The smallest absolute Gasteiger partial charge is 0.0320 e. The number of rotatable bonds is 4. The Kier molecular flexibility index (Phi) is 4.30. The van der Waals surface area contributed by atoms with Crippen molar-refractivity contribution in [3.8, 4) is 0 Å². The number of nitrogens with two attached hydrogens (primary N) is 1. The van der Waals surface area contributed by atoms with Gasteiger partial charge in [-0.05, 0) is 38.9 Å². The van der Waals surface area contributed by atoms with Gasteiger partial charge in [0.05, 0.1) is 0 Å². The Balaban J connectivity index is 2.76. The van der Waals surface area contributed by atoms with Crippen molar-refractivity contribution >= 4 is 0 Å². The third-order valence-electron chi connectivity index (χ3n) is 2.88. The predicted octanol–water partition coefficient (Wildman–Crippen LogP) is 2.34. The fraction of sp³-hybridized carbons (Fsp3) is 0.538. The molecule has 0 amide bonds. The van der Waals surface area contributed by atoms with E-state index in [0.717, 1.165) is 6.54 Å². The molecule has 2 atom stereocenters. The minimum atomic E-state index is 0.224. The maximum Gasteiger partial charge on any atom is 0.0320 e. The molecule has 84 valence electrons. The Labute approximate surface area is 93.1 Å². The molecule has 0 aliphatic rings. The molecule has 0 radical (unpaired) electrons. The monoisotopic (exact) mass is 206 g/mol. The van der Waals surface area contributed by atoms with E-state index in [2.05, 4.69) is 50.1 Å². The Bertz CT molecular complexity index is 307. The van der Waals surface area contributed by atoms with Crippen molar-refractivity contribution in [3.63, 3.8) is 0 Å². The van der Waals surface area contributed by atoms with Gasteiger partial charge in [-0.2, -0.15) is 0 Å². The molecule has 0 aliphatic carbocycles. The maximum atomic E-state index is 5.81. The Morgan fingerprint density at radius 3 is 2.40 bits per heavy atom. The molecule has 0 spiro atoms. The normalized spacial score (nSPS) is 15.3. The van der Waals surface area contributed by atoms with Crippen LogP contribution in [0.3, 0.4) is 0 Å². The molecule has 0 heterocycles. The average molecular weight is 206 g/mol. The number of hydrogen-bond donors (Lipinski definition) is 1. The number of benzene rings is 1. The third-order valence-corrected chi connectivity index (χ3v) is 2.88. The van der Waals surface area contributed by atoms with Gasteiger partial charge in [-0.25, -0.2) is 0 Å². The standard InChI is InChI=1S/C13H22N2/c1-10-7-5-6-8-13(10)12(3)15(4)9-11(2)14/h5-8,11-12H,9,14H2,1-4H3. The van der Waals surface area contributed by atoms with Crippen molar-refractivity contribution in [2.75, 3.05) is 13.6 Å². The average Bonchev–Trinajstić information content (AvgIpc) is 2.16. The lowest BCUT2D eigenvalue weighted by Crippen LogP contribution is -2.34. The number of hydrogen-bond acceptors (Lipinski definition) is 2. The van der Waals surface area contributed by atoms with Crippen molar-refractivity contribution in [3.05, 3.63) is 35.4 Å². The molecule has 0 saturated heterocycles. The van der Waals surface area contributed by atoms with Crippen LogP contribution in [0.4, 0.5) is 0 Å². The summed E-state index contributed by atoms with van der Waals surface area (Å²) in [6, 6.07) is 9.18. The first-order chi connectivity index (χ1) is 7.02. The molecule has 2 N–H and O–H groups in total. The molecule has 0 aliphatic heterocycles. The Morgan fingerprint density at radius 1 is 1.27 bits per heavy atom. The van der Waals surface area contributed by atoms with Gasteiger partial charge in [0.15, 0.2) is 0 Å². The van der Waals surface area contributed by atoms with E-state index in [1.54, 1.807) is 0 Å². The van der Waals surface area contributed by atoms with Gasteiger partial charge in [0.2, 0.25) is 0 Å². The van der Waals surface area contributed by atoms with Crippen LogP contribution in [0.15, 0.2) is 24.3 Å². The quantitative estimate of drug-likeness (QED) is 0.819. The van der Waals surface area contributed by atoms with E-state index >= 15 is 0 Å². The van der Waals surface area contributed by atoms with E-state index in [-0.39, 0.29) is 6.04 Å². The Morgan fingerprint density at radius 2 is 1.87 bits per heavy atom. The first-order valence-corrected chi connectivity index (χ1v) is 5.53. The van der Waals surface area contributed by atoms with Crippen LogP contribution in [0.1, 0.15) is 31.0 Å². The summed E-state index contributed by atoms with van der Waals surface area (Å²) in [5.41, 5.74) is 8.54. The first-order valence-electron chi connectivity index (χ1n) is 5.53. The molecule has 1 aromatic carbocycles. The second-order valence-electron chi connectivity index (χ2n) is 4.45. The highest BCUT2D eigenvalue weighted by atomic mass is 15.1. The van der Waals surface area contributed by atoms with Crippen LogP contribution in [-0.4, -0.2) is 24.5 Å². The largest absolute Gasteiger partial charge is 0.327 e. The summed E-state index contributed by atoms with van der Waals surface area (Å²) in [7, 11) is 2.13. The SMILES string of the molecule is Cc1ccccc1C(C)N(C)CC(C)N. The molecular weight excluding hydrogens is 184 g/mol. The van der Waals surface area contributed by atoms with Gasteiger partial charge in [-0.15, -0.1) is 0 Å². The van der Waals surface area contributed by atoms with Gasteiger partial charge in [0.1, 0.15) is 0 Å². The summed E-state index contributed by atoms with van der Waals surface area (Å²) >= 11 is 0. The molecule has 15 heavy (non-hydrogen) atoms. The van der Waals surface area contributed by atoms with Crippen molar-refractivity contribution in [1.29, 1.82) is 0 Å². The second-order valence-corrected chi connectivity index (χ2v) is 4.45. The Hall–Kier alpha value is -0.860. The molecule has 2 nitrogen and oxygen atoms in total. The highest BCUT2D eigenvalue weighted by Crippen LogP contribution is 2.21. The van der Waals surface area contributed by atoms with Gasteiger partial charge in [0, 0.05) is 18.6 Å². The van der Waals surface area contributed by atoms with Crippen molar-refractivity contribution in [2.24, 2.45) is 5.73 Å². The van der Waals surface area contributed by atoms with Crippen LogP contribution < -0.4 is 5.73 Å². The van der Waals surface area contributed by atoms with Crippen LogP contribution in [0.5, 0.6) is 0 Å². The lowest BCUT2D eigenvalue weighted by Gasteiger charge is -2.27. The summed E-state index contributed by atoms with van der Waals surface area (Å²) in [5.74, 6) is 0. The minimum absolute atomic E-state index is 0.224. The fourth-order valence-electron chi connectivity index (χ4n) is 1.91. The summed E-state index contributed by atoms with van der Waals surface area (Å²) in [6.07, 6.45) is 0. The van der Waals surface area contributed by atoms with E-state index in [1.807, 2.05) is 6.92 Å². The van der Waals surface area contributed by atoms with Crippen molar-refractivity contribution in [2.45, 2.75) is 32.9 Å². The summed E-state index contributed by atoms with van der Waals surface area (Å²) < 4.78 is 0. The van der Waals surface area contributed by atoms with Crippen molar-refractivity contribution in [1.82, 2.24) is 4.90 Å². The van der Waals surface area contributed by atoms with Gasteiger partial charge in [0.25, 0.3) is 0 Å². The van der Waals surface area contributed by atoms with Crippen LogP contribution >= 0.6 is 0 Å². The number of nitrogens with zero attached hydrogens (tertiary/aromatic N) is 1. The molecule has 2 unspecified atom stereocenters. The maximum absolute atomic E-state index is 5.81. The number of aryl methyl sites for hydroxylation is 1. The highest BCUT2D eigenvalue weighted by molar-refractivity contribution is 5.28. The van der Waals surface area contributed by atoms with Gasteiger partial charge < -0.3 is 5.73 Å². The lowest BCUT2D eigenvalue weighted by atomic mass is 10.0. The second kappa shape index (κ2) is 5.29. The fourth-order valence-corrected chi connectivity index (χ4v) is 1.91. The van der Waals surface area contributed by atoms with E-state index in [1.165, 1.54) is 11.1 Å². The molecule has 0 fully saturated rings. The van der Waals surface area contributed by atoms with Crippen LogP contribution in [0.25, 0.3) is 0 Å². The van der Waals surface area contributed by atoms with E-state index in [9.17, 15) is 0 Å². The molecule has 1 rings (SSSR count). The molecule has 0 saturated carbocycles. The highest BCUT2D eigenvalue weighted by Gasteiger charge is 2.13. The summed E-state index contributed by atoms with van der Waals surface area (Å²) in [5, 5.41) is 0. The molecule has 0 bridgehead atoms. The molecule has 1 aromatic rings. The zero-order chi connectivity index (χ0) is 11.4. The van der Waals surface area contributed by atoms with E-state index < -0.39 is 0 Å². The van der Waals surface area contributed by atoms with Crippen LogP contribution in [-0.2, 0) is 0 Å². The van der Waals surface area contributed by atoms with Crippen molar-refractivity contribution < 1.29 is 0 Å². The minimum Gasteiger partial charge on any atom is -0.327 e. The van der Waals surface area contributed by atoms with E-state index in [4.69, 9.17) is 5.73 Å². The van der Waals surface area contributed by atoms with Gasteiger partial charge in [-0.3, -0.25) is 4.90 Å². The zero-order valence-electron chi connectivity index (χ0n) is 10.2. The summed E-state index contributed by atoms with van der Waals surface area (Å²) in [6.45, 7) is 7.35. The zero-order valence-corrected chi connectivity index (χ0v) is 10.2. The van der Waals surface area contributed by atoms with Gasteiger partial charge in [-0.1, -0.05) is 24.3 Å². The summed E-state index contributed by atoms with van der Waals surface area (Å²) in [4.78, 5) is 2.30. The third kappa shape index (κ3) is 3.33. The van der Waals surface area contributed by atoms with Crippen LogP contribution in [0, 0.1) is 6.92 Å². The molecule has 0 aromatic heterocycles. The predicted molar refractivity (Wildman–Crippen MR) is 65.9 cm³/mol. The van der Waals surface area contributed by atoms with E-state index in [0.29, 0.717) is 6.04 Å². The van der Waals surface area contributed by atoms with Crippen LogP contribution in [0.2, 0.25) is 0 Å². The molecule has 2 heteroatoms. The molecular formula is C13H22N2.